The maximum Gasteiger partial charge on any atom is 0.418 e. The molecule has 0 unspecified atom stereocenters. The third kappa shape index (κ3) is 6.04. The molecule has 1 aliphatic heterocycles. The number of nitrogens with zero attached hydrogens (tertiary/aromatic N) is 2. The van der Waals surface area contributed by atoms with Crippen molar-refractivity contribution in [1.29, 1.82) is 0 Å². The number of halogens is 3. The third-order valence-electron chi connectivity index (χ3n) is 4.72. The van der Waals surface area contributed by atoms with Gasteiger partial charge in [-0.25, -0.2) is 0 Å². The number of benzene rings is 1. The summed E-state index contributed by atoms with van der Waals surface area (Å²) in [4.78, 5) is 29.4. The van der Waals surface area contributed by atoms with Crippen molar-refractivity contribution in [2.75, 3.05) is 38.0 Å². The quantitative estimate of drug-likeness (QED) is 0.798. The standard InChI is InChI=1S/C20H22F3N3O2S/c21-20(22,23)16-6-1-2-7-17(16)24-18(27)14-25-8-4-9-26(11-10-25)19(28)13-15-5-3-12-29-15/h1-3,5-7,12H,4,8-11,13-14H2,(H,24,27). The fourth-order valence-corrected chi connectivity index (χ4v) is 3.98. The van der Waals surface area contributed by atoms with E-state index >= 15 is 0 Å². The predicted octanol–water partition coefficient (Wildman–Crippen LogP) is 3.48. The van der Waals surface area contributed by atoms with E-state index in [0.29, 0.717) is 39.0 Å². The molecule has 156 valence electrons. The van der Waals surface area contributed by atoms with Crippen molar-refractivity contribution >= 4 is 28.8 Å². The third-order valence-corrected chi connectivity index (χ3v) is 5.60. The van der Waals surface area contributed by atoms with Gasteiger partial charge in [-0.05, 0) is 30.0 Å². The Kier molecular flexibility index (Phi) is 6.92. The topological polar surface area (TPSA) is 52.7 Å². The van der Waals surface area contributed by atoms with E-state index in [9.17, 15) is 22.8 Å². The summed E-state index contributed by atoms with van der Waals surface area (Å²) >= 11 is 1.54. The molecule has 29 heavy (non-hydrogen) atoms. The van der Waals surface area contributed by atoms with Gasteiger partial charge in [0.25, 0.3) is 0 Å². The highest BCUT2D eigenvalue weighted by Gasteiger charge is 2.33. The molecule has 1 saturated heterocycles. The highest BCUT2D eigenvalue weighted by Crippen LogP contribution is 2.34. The molecule has 3 rings (SSSR count). The molecule has 9 heteroatoms. The van der Waals surface area contributed by atoms with Crippen molar-refractivity contribution in [3.63, 3.8) is 0 Å². The number of thiophene rings is 1. The van der Waals surface area contributed by atoms with Gasteiger partial charge in [0.05, 0.1) is 24.2 Å². The first kappa shape index (κ1) is 21.3. The van der Waals surface area contributed by atoms with E-state index in [1.807, 2.05) is 22.4 Å². The Morgan fingerprint density at radius 1 is 1.03 bits per heavy atom. The first-order valence-electron chi connectivity index (χ1n) is 9.31. The molecule has 2 amide bonds. The van der Waals surface area contributed by atoms with Crippen LogP contribution in [0.5, 0.6) is 0 Å². The van der Waals surface area contributed by atoms with Crippen LogP contribution in [0.1, 0.15) is 16.9 Å². The summed E-state index contributed by atoms with van der Waals surface area (Å²) in [6, 6.07) is 8.76. The first-order chi connectivity index (χ1) is 13.8. The largest absolute Gasteiger partial charge is 0.418 e. The normalized spacial score (nSPS) is 15.8. The second-order valence-electron chi connectivity index (χ2n) is 6.86. The lowest BCUT2D eigenvalue weighted by Crippen LogP contribution is -2.38. The molecule has 1 aromatic heterocycles. The Bertz CT molecular complexity index is 840. The molecular weight excluding hydrogens is 403 g/mol. The zero-order valence-electron chi connectivity index (χ0n) is 15.7. The van der Waals surface area contributed by atoms with Gasteiger partial charge < -0.3 is 10.2 Å². The zero-order valence-corrected chi connectivity index (χ0v) is 16.6. The Morgan fingerprint density at radius 2 is 1.83 bits per heavy atom. The number of nitrogens with one attached hydrogen (secondary N) is 1. The van der Waals surface area contributed by atoms with Gasteiger partial charge in [0.1, 0.15) is 0 Å². The summed E-state index contributed by atoms with van der Waals surface area (Å²) in [5, 5.41) is 4.30. The van der Waals surface area contributed by atoms with E-state index in [0.717, 1.165) is 10.9 Å². The molecule has 0 spiro atoms. The van der Waals surface area contributed by atoms with E-state index in [1.165, 1.54) is 18.2 Å². The van der Waals surface area contributed by atoms with Gasteiger partial charge in [0.2, 0.25) is 11.8 Å². The average molecular weight is 425 g/mol. The Labute approximate surface area is 171 Å². The van der Waals surface area contributed by atoms with Gasteiger partial charge in [-0.3, -0.25) is 14.5 Å². The molecule has 1 aliphatic rings. The van der Waals surface area contributed by atoms with Gasteiger partial charge in [-0.2, -0.15) is 13.2 Å². The molecule has 2 aromatic rings. The van der Waals surface area contributed by atoms with Crippen molar-refractivity contribution < 1.29 is 22.8 Å². The minimum Gasteiger partial charge on any atom is -0.341 e. The molecule has 0 saturated carbocycles. The van der Waals surface area contributed by atoms with Gasteiger partial charge in [0, 0.05) is 31.1 Å². The van der Waals surface area contributed by atoms with E-state index in [-0.39, 0.29) is 18.1 Å². The summed E-state index contributed by atoms with van der Waals surface area (Å²) in [5.74, 6) is -0.446. The van der Waals surface area contributed by atoms with E-state index in [1.54, 1.807) is 16.2 Å². The fourth-order valence-electron chi connectivity index (χ4n) is 3.28. The number of amides is 2. The number of carbonyl (C=O) groups excluding carboxylic acids is 2. The number of carbonyl (C=O) groups is 2. The maximum atomic E-state index is 13.1. The summed E-state index contributed by atoms with van der Waals surface area (Å²) in [6.45, 7) is 2.21. The zero-order chi connectivity index (χ0) is 20.9. The Hall–Kier alpha value is -2.39. The molecule has 5 nitrogen and oxygen atoms in total. The van der Waals surface area contributed by atoms with Crippen LogP contribution in [0.4, 0.5) is 18.9 Å². The van der Waals surface area contributed by atoms with Crippen LogP contribution >= 0.6 is 11.3 Å². The van der Waals surface area contributed by atoms with Crippen LogP contribution in [-0.2, 0) is 22.2 Å². The van der Waals surface area contributed by atoms with Gasteiger partial charge >= 0.3 is 6.18 Å². The number of para-hydroxylation sites is 1. The molecular formula is C20H22F3N3O2S. The van der Waals surface area contributed by atoms with Crippen LogP contribution in [-0.4, -0.2) is 54.3 Å². The summed E-state index contributed by atoms with van der Waals surface area (Å²) < 4.78 is 39.2. The molecule has 1 fully saturated rings. The molecule has 0 aliphatic carbocycles. The van der Waals surface area contributed by atoms with Crippen LogP contribution in [0.25, 0.3) is 0 Å². The number of hydrogen-bond acceptors (Lipinski definition) is 4. The average Bonchev–Trinajstić information content (AvgIpc) is 3.05. The van der Waals surface area contributed by atoms with Crippen LogP contribution < -0.4 is 5.32 Å². The number of alkyl halides is 3. The second kappa shape index (κ2) is 9.41. The van der Waals surface area contributed by atoms with E-state index < -0.39 is 17.6 Å². The molecule has 0 atom stereocenters. The lowest BCUT2D eigenvalue weighted by atomic mass is 10.1. The lowest BCUT2D eigenvalue weighted by molar-refractivity contribution is -0.137. The summed E-state index contributed by atoms with van der Waals surface area (Å²) in [5.41, 5.74) is -1.11. The lowest BCUT2D eigenvalue weighted by Gasteiger charge is -2.22. The number of anilines is 1. The summed E-state index contributed by atoms with van der Waals surface area (Å²) in [7, 11) is 0. The first-order valence-corrected chi connectivity index (χ1v) is 10.2. The van der Waals surface area contributed by atoms with Crippen molar-refractivity contribution in [2.45, 2.75) is 19.0 Å². The Morgan fingerprint density at radius 3 is 2.55 bits per heavy atom. The number of hydrogen-bond donors (Lipinski definition) is 1. The van der Waals surface area contributed by atoms with Crippen molar-refractivity contribution in [2.24, 2.45) is 0 Å². The number of rotatable bonds is 5. The van der Waals surface area contributed by atoms with Crippen LogP contribution in [0, 0.1) is 0 Å². The van der Waals surface area contributed by atoms with Crippen LogP contribution in [0.3, 0.4) is 0 Å². The SMILES string of the molecule is O=C(CN1CCCN(C(=O)Cc2cccs2)CC1)Nc1ccccc1C(F)(F)F. The molecule has 0 radical (unpaired) electrons. The maximum absolute atomic E-state index is 13.1. The minimum atomic E-state index is -4.53. The predicted molar refractivity (Wildman–Crippen MR) is 106 cm³/mol. The highest BCUT2D eigenvalue weighted by molar-refractivity contribution is 7.10. The van der Waals surface area contributed by atoms with Crippen molar-refractivity contribution in [1.82, 2.24) is 9.80 Å². The van der Waals surface area contributed by atoms with Gasteiger partial charge in [-0.15, -0.1) is 11.3 Å². The van der Waals surface area contributed by atoms with Crippen molar-refractivity contribution in [3.05, 3.63) is 52.2 Å². The van der Waals surface area contributed by atoms with Gasteiger partial charge in [0.15, 0.2) is 0 Å². The molecule has 0 bridgehead atoms. The van der Waals surface area contributed by atoms with E-state index in [2.05, 4.69) is 5.32 Å². The van der Waals surface area contributed by atoms with Gasteiger partial charge in [-0.1, -0.05) is 18.2 Å². The molecule has 1 aromatic carbocycles. The second-order valence-corrected chi connectivity index (χ2v) is 7.89. The van der Waals surface area contributed by atoms with E-state index in [4.69, 9.17) is 0 Å². The Balaban J connectivity index is 1.52. The minimum absolute atomic E-state index is 0.0147. The monoisotopic (exact) mass is 425 g/mol. The molecule has 2 heterocycles. The van der Waals surface area contributed by atoms with Crippen LogP contribution in [0.15, 0.2) is 41.8 Å². The smallest absolute Gasteiger partial charge is 0.341 e. The van der Waals surface area contributed by atoms with Crippen LogP contribution in [0.2, 0.25) is 0 Å². The fraction of sp³-hybridized carbons (Fsp3) is 0.400. The molecule has 1 N–H and O–H groups in total. The van der Waals surface area contributed by atoms with Crippen molar-refractivity contribution in [3.8, 4) is 0 Å². The summed E-state index contributed by atoms with van der Waals surface area (Å²) in [6.07, 6.45) is -3.45. The highest BCUT2D eigenvalue weighted by atomic mass is 32.1.